The fourth-order valence-corrected chi connectivity index (χ4v) is 4.26. The molecule has 0 unspecified atom stereocenters. The van der Waals surface area contributed by atoms with Crippen molar-refractivity contribution < 1.29 is 9.90 Å². The van der Waals surface area contributed by atoms with Crippen LogP contribution in [0.1, 0.15) is 24.8 Å². The number of H-pyrrole nitrogens is 1. The SMILES string of the molecule is CN1CCN(CCNC(=O)Nc2cccc(O)c2)CC1.c1ccc2c(CCC3CC3)c[nH]c2c1. The Hall–Kier alpha value is -3.03. The number of rotatable bonds is 7. The number of phenols is 1. The monoisotopic (exact) mass is 463 g/mol. The Morgan fingerprint density at radius 3 is 2.65 bits per heavy atom. The van der Waals surface area contributed by atoms with E-state index >= 15 is 0 Å². The van der Waals surface area contributed by atoms with Crippen molar-refractivity contribution in [2.75, 3.05) is 51.6 Å². The summed E-state index contributed by atoms with van der Waals surface area (Å²) in [6, 6.07) is 14.8. The number of likely N-dealkylation sites (N-methyl/N-ethyl adjacent to an activating group) is 1. The third kappa shape index (κ3) is 7.50. The van der Waals surface area contributed by atoms with Crippen molar-refractivity contribution in [1.82, 2.24) is 20.1 Å². The van der Waals surface area contributed by atoms with Crippen LogP contribution in [0.25, 0.3) is 10.9 Å². The van der Waals surface area contributed by atoms with E-state index < -0.39 is 0 Å². The van der Waals surface area contributed by atoms with Crippen LogP contribution in [0.15, 0.2) is 54.7 Å². The molecule has 4 N–H and O–H groups in total. The number of carbonyl (C=O) groups is 1. The van der Waals surface area contributed by atoms with Gasteiger partial charge >= 0.3 is 6.03 Å². The minimum Gasteiger partial charge on any atom is -0.508 e. The van der Waals surface area contributed by atoms with E-state index in [0.717, 1.165) is 38.6 Å². The lowest BCUT2D eigenvalue weighted by Crippen LogP contribution is -2.47. The summed E-state index contributed by atoms with van der Waals surface area (Å²) in [6.07, 6.45) is 7.72. The topological polar surface area (TPSA) is 83.6 Å². The number of hydrogen-bond donors (Lipinski definition) is 4. The number of aromatic hydroxyl groups is 1. The summed E-state index contributed by atoms with van der Waals surface area (Å²) in [5.41, 5.74) is 3.35. The van der Waals surface area contributed by atoms with Crippen molar-refractivity contribution in [1.29, 1.82) is 0 Å². The zero-order valence-corrected chi connectivity index (χ0v) is 20.1. The van der Waals surface area contributed by atoms with Gasteiger partial charge in [-0.2, -0.15) is 0 Å². The van der Waals surface area contributed by atoms with E-state index in [2.05, 4.69) is 62.9 Å². The highest BCUT2D eigenvalue weighted by atomic mass is 16.3. The number of anilines is 1. The first-order valence-electron chi connectivity index (χ1n) is 12.4. The minimum absolute atomic E-state index is 0.139. The summed E-state index contributed by atoms with van der Waals surface area (Å²) >= 11 is 0. The molecule has 0 spiro atoms. The van der Waals surface area contributed by atoms with E-state index in [9.17, 15) is 9.90 Å². The molecule has 7 heteroatoms. The molecule has 2 fully saturated rings. The first-order chi connectivity index (χ1) is 16.6. The number of nitrogens with one attached hydrogen (secondary N) is 3. The number of urea groups is 1. The molecule has 7 nitrogen and oxygen atoms in total. The Bertz CT molecular complexity index is 1050. The number of aromatic nitrogens is 1. The number of para-hydroxylation sites is 1. The van der Waals surface area contributed by atoms with Gasteiger partial charge < -0.3 is 25.6 Å². The number of aryl methyl sites for hydroxylation is 1. The molecule has 2 aliphatic rings. The summed E-state index contributed by atoms with van der Waals surface area (Å²) in [7, 11) is 2.12. The summed E-state index contributed by atoms with van der Waals surface area (Å²) in [4.78, 5) is 19.7. The third-order valence-electron chi connectivity index (χ3n) is 6.61. The van der Waals surface area contributed by atoms with Crippen LogP contribution in [0, 0.1) is 5.92 Å². The smallest absolute Gasteiger partial charge is 0.319 e. The number of carbonyl (C=O) groups excluding carboxylic acids is 1. The maximum absolute atomic E-state index is 11.7. The van der Waals surface area contributed by atoms with E-state index in [-0.39, 0.29) is 11.8 Å². The molecule has 0 radical (unpaired) electrons. The number of piperazine rings is 1. The van der Waals surface area contributed by atoms with E-state index in [1.54, 1.807) is 18.2 Å². The molecule has 2 amide bonds. The maximum Gasteiger partial charge on any atom is 0.319 e. The highest BCUT2D eigenvalue weighted by molar-refractivity contribution is 5.89. The number of aromatic amines is 1. The zero-order chi connectivity index (χ0) is 23.8. The van der Waals surface area contributed by atoms with Crippen LogP contribution in [-0.2, 0) is 6.42 Å². The van der Waals surface area contributed by atoms with Gasteiger partial charge in [0.25, 0.3) is 0 Å². The van der Waals surface area contributed by atoms with Crippen molar-refractivity contribution in [3.63, 3.8) is 0 Å². The molecule has 2 aromatic carbocycles. The second-order valence-electron chi connectivity index (χ2n) is 9.42. The maximum atomic E-state index is 11.7. The average Bonchev–Trinajstić information content (AvgIpc) is 3.58. The second-order valence-corrected chi connectivity index (χ2v) is 9.42. The first kappa shape index (κ1) is 24.1. The predicted molar refractivity (Wildman–Crippen MR) is 138 cm³/mol. The van der Waals surface area contributed by atoms with Gasteiger partial charge in [0, 0.05) is 68.1 Å². The standard InChI is InChI=1S/C14H22N4O2.C13H15N/c1-17-7-9-18(10-8-17)6-5-15-14(20)16-12-3-2-4-13(19)11-12;1-2-4-13-12(3-1)11(9-14-13)8-7-10-5-6-10/h2-4,11,19H,5-10H2,1H3,(H2,15,16,20);1-4,9-10,14H,5-8H2. The van der Waals surface area contributed by atoms with Gasteiger partial charge in [-0.15, -0.1) is 0 Å². The lowest BCUT2D eigenvalue weighted by Gasteiger charge is -2.32. The molecule has 0 bridgehead atoms. The number of nitrogens with zero attached hydrogens (tertiary/aromatic N) is 2. The predicted octanol–water partition coefficient (Wildman–Crippen LogP) is 4.27. The summed E-state index contributed by atoms with van der Waals surface area (Å²) in [5.74, 6) is 1.17. The largest absolute Gasteiger partial charge is 0.508 e. The molecule has 1 saturated carbocycles. The van der Waals surface area contributed by atoms with Crippen LogP contribution < -0.4 is 10.6 Å². The summed E-state index contributed by atoms with van der Waals surface area (Å²) in [5, 5.41) is 16.2. The van der Waals surface area contributed by atoms with Crippen LogP contribution >= 0.6 is 0 Å². The molecule has 1 saturated heterocycles. The van der Waals surface area contributed by atoms with Crippen LogP contribution in [-0.4, -0.2) is 72.2 Å². The molecule has 1 aliphatic carbocycles. The van der Waals surface area contributed by atoms with Gasteiger partial charge in [-0.05, 0) is 49.6 Å². The van der Waals surface area contributed by atoms with Crippen LogP contribution in [0.2, 0.25) is 0 Å². The summed E-state index contributed by atoms with van der Waals surface area (Å²) in [6.45, 7) is 5.74. The van der Waals surface area contributed by atoms with Gasteiger partial charge in [-0.1, -0.05) is 37.1 Å². The molecule has 34 heavy (non-hydrogen) atoms. The van der Waals surface area contributed by atoms with Gasteiger partial charge in [-0.25, -0.2) is 4.79 Å². The minimum atomic E-state index is -0.246. The number of hydrogen-bond acceptors (Lipinski definition) is 4. The Morgan fingerprint density at radius 1 is 1.09 bits per heavy atom. The van der Waals surface area contributed by atoms with Gasteiger partial charge in [0.15, 0.2) is 0 Å². The highest BCUT2D eigenvalue weighted by Crippen LogP contribution is 2.34. The van der Waals surface area contributed by atoms with E-state index in [1.165, 1.54) is 48.2 Å². The molecule has 5 rings (SSSR count). The quantitative estimate of drug-likeness (QED) is 0.422. The van der Waals surface area contributed by atoms with E-state index in [0.29, 0.717) is 12.2 Å². The summed E-state index contributed by atoms with van der Waals surface area (Å²) < 4.78 is 0. The number of amides is 2. The van der Waals surface area contributed by atoms with Crippen LogP contribution in [0.5, 0.6) is 5.75 Å². The van der Waals surface area contributed by atoms with Crippen molar-refractivity contribution >= 4 is 22.6 Å². The fourth-order valence-electron chi connectivity index (χ4n) is 4.26. The van der Waals surface area contributed by atoms with E-state index in [4.69, 9.17) is 0 Å². The Kier molecular flexibility index (Phi) is 8.44. The van der Waals surface area contributed by atoms with Crippen molar-refractivity contribution in [2.24, 2.45) is 5.92 Å². The van der Waals surface area contributed by atoms with Gasteiger partial charge in [-0.3, -0.25) is 4.90 Å². The normalized spacial score (nSPS) is 16.6. The Labute approximate surface area is 202 Å². The van der Waals surface area contributed by atoms with E-state index in [1.807, 2.05) is 0 Å². The fraction of sp³-hybridized carbons (Fsp3) is 0.444. The third-order valence-corrected chi connectivity index (χ3v) is 6.61. The lowest BCUT2D eigenvalue weighted by atomic mass is 10.1. The zero-order valence-electron chi connectivity index (χ0n) is 20.1. The van der Waals surface area contributed by atoms with Crippen molar-refractivity contribution in [3.05, 3.63) is 60.3 Å². The van der Waals surface area contributed by atoms with Crippen molar-refractivity contribution in [2.45, 2.75) is 25.7 Å². The van der Waals surface area contributed by atoms with Gasteiger partial charge in [0.1, 0.15) is 5.75 Å². The second kappa shape index (κ2) is 11.9. The molecule has 2 heterocycles. The molecule has 0 atom stereocenters. The average molecular weight is 464 g/mol. The number of phenolic OH excluding ortho intramolecular Hbond substituents is 1. The molecular weight excluding hydrogens is 426 g/mol. The molecule has 1 aromatic heterocycles. The van der Waals surface area contributed by atoms with Gasteiger partial charge in [0.2, 0.25) is 0 Å². The molecular formula is C27H37N5O2. The van der Waals surface area contributed by atoms with Gasteiger partial charge in [0.05, 0.1) is 0 Å². The Balaban J connectivity index is 0.000000170. The van der Waals surface area contributed by atoms with Crippen LogP contribution in [0.4, 0.5) is 10.5 Å². The number of benzene rings is 2. The van der Waals surface area contributed by atoms with Crippen LogP contribution in [0.3, 0.4) is 0 Å². The molecule has 1 aliphatic heterocycles. The highest BCUT2D eigenvalue weighted by Gasteiger charge is 2.21. The first-order valence-corrected chi connectivity index (χ1v) is 12.4. The van der Waals surface area contributed by atoms with Crippen molar-refractivity contribution in [3.8, 4) is 5.75 Å². The molecule has 3 aromatic rings. The lowest BCUT2D eigenvalue weighted by molar-refractivity contribution is 0.155. The Morgan fingerprint density at radius 2 is 1.88 bits per heavy atom. The molecule has 182 valence electrons. The number of fused-ring (bicyclic) bond motifs is 1.